The number of methoxy groups -OCH3 is 1. The first-order chi connectivity index (χ1) is 11.3. The molecule has 118 valence electrons. The fraction of sp³-hybridized carbons (Fsp3) is 0.312. The van der Waals surface area contributed by atoms with Crippen LogP contribution in [-0.4, -0.2) is 50.5 Å². The number of carbonyl (C=O) groups is 1. The Hall–Kier alpha value is -2.67. The number of H-pyrrole nitrogens is 2. The molecular weight excluding hydrogens is 294 g/mol. The molecule has 1 amide bonds. The Balaban J connectivity index is 1.71. The predicted octanol–water partition coefficient (Wildman–Crippen LogP) is 1.89. The predicted molar refractivity (Wildman–Crippen MR) is 83.9 cm³/mol. The Morgan fingerprint density at radius 3 is 3.04 bits per heavy atom. The van der Waals surface area contributed by atoms with E-state index in [0.29, 0.717) is 17.8 Å². The van der Waals surface area contributed by atoms with Crippen molar-refractivity contribution in [1.82, 2.24) is 24.8 Å². The van der Waals surface area contributed by atoms with E-state index >= 15 is 0 Å². The molecule has 1 aliphatic heterocycles. The lowest BCUT2D eigenvalue weighted by molar-refractivity contribution is 0.0686. The largest absolute Gasteiger partial charge is 0.380 e. The number of nitrogens with zero attached hydrogens (tertiary/aromatic N) is 3. The van der Waals surface area contributed by atoms with Crippen molar-refractivity contribution in [3.8, 4) is 0 Å². The highest BCUT2D eigenvalue weighted by atomic mass is 16.5. The second-order valence-electron chi connectivity index (χ2n) is 5.64. The number of rotatable bonds is 3. The minimum Gasteiger partial charge on any atom is -0.380 e. The van der Waals surface area contributed by atoms with Crippen LogP contribution in [0.15, 0.2) is 36.9 Å². The molecule has 1 saturated heterocycles. The van der Waals surface area contributed by atoms with E-state index in [0.717, 1.165) is 17.6 Å². The van der Waals surface area contributed by atoms with Crippen molar-refractivity contribution < 1.29 is 9.53 Å². The van der Waals surface area contributed by atoms with Crippen molar-refractivity contribution in [3.05, 3.63) is 48.3 Å². The fourth-order valence-corrected chi connectivity index (χ4v) is 3.20. The third-order valence-electron chi connectivity index (χ3n) is 4.37. The van der Waals surface area contributed by atoms with E-state index in [-0.39, 0.29) is 18.1 Å². The van der Waals surface area contributed by atoms with Gasteiger partial charge in [0.05, 0.1) is 17.7 Å². The fourth-order valence-electron chi connectivity index (χ4n) is 3.20. The first kappa shape index (κ1) is 14.0. The average Bonchev–Trinajstić information content (AvgIpc) is 3.31. The van der Waals surface area contributed by atoms with Gasteiger partial charge in [-0.25, -0.2) is 9.97 Å². The Morgan fingerprint density at radius 1 is 1.35 bits per heavy atom. The van der Waals surface area contributed by atoms with Gasteiger partial charge < -0.3 is 19.6 Å². The molecule has 2 N–H and O–H groups in total. The Labute approximate surface area is 132 Å². The van der Waals surface area contributed by atoms with Crippen molar-refractivity contribution in [3.63, 3.8) is 0 Å². The van der Waals surface area contributed by atoms with Gasteiger partial charge >= 0.3 is 0 Å². The summed E-state index contributed by atoms with van der Waals surface area (Å²) in [6.07, 6.45) is 7.64. The zero-order valence-corrected chi connectivity index (χ0v) is 12.7. The second kappa shape index (κ2) is 5.51. The van der Waals surface area contributed by atoms with Crippen LogP contribution in [0.2, 0.25) is 0 Å². The number of aromatic nitrogens is 4. The number of carbonyl (C=O) groups excluding carboxylic acids is 1. The maximum absolute atomic E-state index is 13.1. The monoisotopic (exact) mass is 311 g/mol. The zero-order valence-electron chi connectivity index (χ0n) is 12.7. The number of pyridine rings is 1. The molecule has 0 bridgehead atoms. The highest BCUT2D eigenvalue weighted by Crippen LogP contribution is 2.33. The van der Waals surface area contributed by atoms with E-state index in [2.05, 4.69) is 19.9 Å². The molecule has 4 heterocycles. The SMILES string of the molecule is CO[C@@H]1C[C@@H](c2ncc[nH]2)N(C(=O)c2c[nH]c3ncccc23)C1. The van der Waals surface area contributed by atoms with Gasteiger partial charge in [0.2, 0.25) is 0 Å². The van der Waals surface area contributed by atoms with Gasteiger partial charge in [-0.3, -0.25) is 4.79 Å². The van der Waals surface area contributed by atoms with Crippen LogP contribution in [0.3, 0.4) is 0 Å². The summed E-state index contributed by atoms with van der Waals surface area (Å²) in [5, 5.41) is 0.830. The number of hydrogen-bond acceptors (Lipinski definition) is 4. The molecule has 7 heteroatoms. The summed E-state index contributed by atoms with van der Waals surface area (Å²) in [6.45, 7) is 0.549. The summed E-state index contributed by atoms with van der Waals surface area (Å²) in [5.74, 6) is 0.751. The van der Waals surface area contributed by atoms with E-state index in [4.69, 9.17) is 4.74 Å². The average molecular weight is 311 g/mol. The summed E-state index contributed by atoms with van der Waals surface area (Å²) in [6, 6.07) is 3.63. The van der Waals surface area contributed by atoms with Crippen molar-refractivity contribution in [2.24, 2.45) is 0 Å². The molecule has 1 fully saturated rings. The van der Waals surface area contributed by atoms with Gasteiger partial charge in [0, 0.05) is 50.2 Å². The van der Waals surface area contributed by atoms with Gasteiger partial charge in [0.1, 0.15) is 11.5 Å². The Bertz CT molecular complexity index is 826. The Kier molecular flexibility index (Phi) is 3.34. The van der Waals surface area contributed by atoms with Crippen LogP contribution < -0.4 is 0 Å². The van der Waals surface area contributed by atoms with Gasteiger partial charge in [0.25, 0.3) is 5.91 Å². The first-order valence-corrected chi connectivity index (χ1v) is 7.53. The van der Waals surface area contributed by atoms with Crippen LogP contribution in [0.4, 0.5) is 0 Å². The molecule has 0 saturated carbocycles. The van der Waals surface area contributed by atoms with E-state index in [1.807, 2.05) is 17.0 Å². The van der Waals surface area contributed by atoms with Crippen molar-refractivity contribution in [1.29, 1.82) is 0 Å². The number of fused-ring (bicyclic) bond motifs is 1. The van der Waals surface area contributed by atoms with Crippen LogP contribution in [0, 0.1) is 0 Å². The van der Waals surface area contributed by atoms with E-state index < -0.39 is 0 Å². The number of nitrogens with one attached hydrogen (secondary N) is 2. The van der Waals surface area contributed by atoms with Gasteiger partial charge in [0.15, 0.2) is 0 Å². The zero-order chi connectivity index (χ0) is 15.8. The maximum atomic E-state index is 13.1. The van der Waals surface area contributed by atoms with E-state index in [1.54, 1.807) is 31.9 Å². The van der Waals surface area contributed by atoms with Crippen molar-refractivity contribution in [2.75, 3.05) is 13.7 Å². The minimum absolute atomic E-state index is 0.0115. The third-order valence-corrected chi connectivity index (χ3v) is 4.37. The lowest BCUT2D eigenvalue weighted by Gasteiger charge is -2.22. The molecule has 1 aliphatic rings. The molecule has 0 radical (unpaired) electrons. The van der Waals surface area contributed by atoms with Gasteiger partial charge in [-0.05, 0) is 12.1 Å². The third kappa shape index (κ3) is 2.29. The summed E-state index contributed by atoms with van der Waals surface area (Å²) in [4.78, 5) is 29.6. The molecule has 0 unspecified atom stereocenters. The summed E-state index contributed by atoms with van der Waals surface area (Å²) < 4.78 is 5.47. The molecule has 7 nitrogen and oxygen atoms in total. The molecule has 0 aromatic carbocycles. The number of ether oxygens (including phenoxy) is 1. The molecule has 4 rings (SSSR count). The summed E-state index contributed by atoms with van der Waals surface area (Å²) >= 11 is 0. The highest BCUT2D eigenvalue weighted by molar-refractivity contribution is 6.06. The number of imidazole rings is 1. The molecule has 3 aromatic heterocycles. The lowest BCUT2D eigenvalue weighted by atomic mass is 10.1. The summed E-state index contributed by atoms with van der Waals surface area (Å²) in [5.41, 5.74) is 1.34. The van der Waals surface area contributed by atoms with Crippen LogP contribution in [0.1, 0.15) is 28.6 Å². The smallest absolute Gasteiger partial charge is 0.256 e. The van der Waals surface area contributed by atoms with Crippen molar-refractivity contribution in [2.45, 2.75) is 18.6 Å². The van der Waals surface area contributed by atoms with Crippen LogP contribution in [0.5, 0.6) is 0 Å². The normalized spacial score (nSPS) is 21.2. The van der Waals surface area contributed by atoms with E-state index in [1.165, 1.54) is 0 Å². The molecule has 2 atom stereocenters. The second-order valence-corrected chi connectivity index (χ2v) is 5.64. The van der Waals surface area contributed by atoms with Crippen molar-refractivity contribution >= 4 is 16.9 Å². The standard InChI is InChI=1S/C16H17N5O2/c1-23-10-7-13(15-18-5-6-19-15)21(9-10)16(22)12-8-20-14-11(12)3-2-4-17-14/h2-6,8,10,13H,7,9H2,1H3,(H,17,20)(H,18,19)/t10-,13+/m1/s1. The number of likely N-dealkylation sites (tertiary alicyclic amines) is 1. The Morgan fingerprint density at radius 2 is 2.26 bits per heavy atom. The maximum Gasteiger partial charge on any atom is 0.256 e. The first-order valence-electron chi connectivity index (χ1n) is 7.53. The summed E-state index contributed by atoms with van der Waals surface area (Å²) in [7, 11) is 1.67. The number of amides is 1. The molecular formula is C16H17N5O2. The molecule has 0 spiro atoms. The lowest BCUT2D eigenvalue weighted by Crippen LogP contribution is -2.32. The van der Waals surface area contributed by atoms with Crippen LogP contribution in [-0.2, 0) is 4.74 Å². The highest BCUT2D eigenvalue weighted by Gasteiger charge is 2.38. The van der Waals surface area contributed by atoms with Gasteiger partial charge in [-0.1, -0.05) is 0 Å². The van der Waals surface area contributed by atoms with Crippen LogP contribution in [0.25, 0.3) is 11.0 Å². The number of hydrogen-bond donors (Lipinski definition) is 2. The van der Waals surface area contributed by atoms with Gasteiger partial charge in [-0.15, -0.1) is 0 Å². The minimum atomic E-state index is -0.107. The van der Waals surface area contributed by atoms with E-state index in [9.17, 15) is 4.79 Å². The molecule has 0 aliphatic carbocycles. The number of aromatic amines is 2. The van der Waals surface area contributed by atoms with Gasteiger partial charge in [-0.2, -0.15) is 0 Å². The quantitative estimate of drug-likeness (QED) is 0.773. The molecule has 3 aromatic rings. The molecule has 23 heavy (non-hydrogen) atoms. The topological polar surface area (TPSA) is 86.9 Å². The van der Waals surface area contributed by atoms with Crippen LogP contribution >= 0.6 is 0 Å².